The van der Waals surface area contributed by atoms with Crippen molar-refractivity contribution in [3.8, 4) is 5.75 Å². The van der Waals surface area contributed by atoms with Gasteiger partial charge in [-0.05, 0) is 24.3 Å². The molecule has 5 N–H and O–H groups in total. The van der Waals surface area contributed by atoms with Crippen LogP contribution in [0.15, 0.2) is 42.5 Å². The van der Waals surface area contributed by atoms with Gasteiger partial charge in [0.05, 0.1) is 5.71 Å². The summed E-state index contributed by atoms with van der Waals surface area (Å²) in [6.45, 7) is 0. The molecule has 0 radical (unpaired) electrons. The molecule has 0 aliphatic rings. The molecule has 20 heavy (non-hydrogen) atoms. The van der Waals surface area contributed by atoms with Crippen molar-refractivity contribution in [2.24, 2.45) is 5.73 Å². The quantitative estimate of drug-likeness (QED) is 0.590. The second kappa shape index (κ2) is 5.40. The molecule has 2 rings (SSSR count). The summed E-state index contributed by atoms with van der Waals surface area (Å²) in [5, 5.41) is 8.10. The highest BCUT2D eigenvalue weighted by molar-refractivity contribution is 6.12. The Hall–Kier alpha value is -2.89. The largest absolute Gasteiger partial charge is 0.410 e. The number of nitrogens with two attached hydrogens (primary N) is 2. The number of carbonyl (C=O) groups is 1. The van der Waals surface area contributed by atoms with Crippen LogP contribution in [0, 0.1) is 11.2 Å². The molecule has 0 aromatic heterocycles. The summed E-state index contributed by atoms with van der Waals surface area (Å²) in [4.78, 5) is 10.8. The maximum atomic E-state index is 13.2. The van der Waals surface area contributed by atoms with E-state index < -0.39 is 11.9 Å². The van der Waals surface area contributed by atoms with Gasteiger partial charge in [0.15, 0.2) is 0 Å². The van der Waals surface area contributed by atoms with Crippen LogP contribution in [0.4, 0.5) is 14.9 Å². The number of hydrogen-bond acceptors (Lipinski definition) is 4. The molecule has 1 amide bonds. The molecule has 0 spiro atoms. The number of ether oxygens (including phenoxy) is 1. The molecule has 0 unspecified atom stereocenters. The van der Waals surface area contributed by atoms with Crippen LogP contribution in [0.3, 0.4) is 0 Å². The standard InChI is InChI=1S/C14H12FN3O2/c15-9-3-6-11(12(7-9)20-14(18)19)13(17)8-1-4-10(16)5-2-8/h1-7,17H,16H2,(H2,18,19). The van der Waals surface area contributed by atoms with Gasteiger partial charge < -0.3 is 16.2 Å². The molecule has 0 aliphatic carbocycles. The summed E-state index contributed by atoms with van der Waals surface area (Å²) >= 11 is 0. The van der Waals surface area contributed by atoms with Gasteiger partial charge in [-0.2, -0.15) is 0 Å². The molecule has 0 atom stereocenters. The van der Waals surface area contributed by atoms with Crippen molar-refractivity contribution in [3.05, 3.63) is 59.4 Å². The number of anilines is 1. The number of halogens is 1. The number of nitrogen functional groups attached to an aromatic ring is 1. The SMILES string of the molecule is N=C(c1ccc(N)cc1)c1ccc(F)cc1OC(N)=O. The Bertz CT molecular complexity index is 669. The van der Waals surface area contributed by atoms with Crippen molar-refractivity contribution < 1.29 is 13.9 Å². The predicted molar refractivity (Wildman–Crippen MR) is 73.4 cm³/mol. The summed E-state index contributed by atoms with van der Waals surface area (Å²) in [7, 11) is 0. The lowest BCUT2D eigenvalue weighted by Gasteiger charge is -2.10. The molecule has 0 heterocycles. The third kappa shape index (κ3) is 2.92. The second-order valence-corrected chi connectivity index (χ2v) is 4.06. The molecular weight excluding hydrogens is 261 g/mol. The van der Waals surface area contributed by atoms with Crippen LogP contribution in [0.2, 0.25) is 0 Å². The van der Waals surface area contributed by atoms with Gasteiger partial charge in [-0.15, -0.1) is 0 Å². The first kappa shape index (κ1) is 13.5. The topological polar surface area (TPSA) is 102 Å². The van der Waals surface area contributed by atoms with E-state index in [1.165, 1.54) is 12.1 Å². The first-order valence-electron chi connectivity index (χ1n) is 5.69. The third-order valence-electron chi connectivity index (χ3n) is 2.62. The molecule has 6 heteroatoms. The van der Waals surface area contributed by atoms with Crippen LogP contribution in [0.25, 0.3) is 0 Å². The highest BCUT2D eigenvalue weighted by atomic mass is 19.1. The predicted octanol–water partition coefficient (Wildman–Crippen LogP) is 2.28. The maximum Gasteiger partial charge on any atom is 0.409 e. The molecule has 0 bridgehead atoms. The van der Waals surface area contributed by atoms with Gasteiger partial charge >= 0.3 is 6.09 Å². The van der Waals surface area contributed by atoms with E-state index >= 15 is 0 Å². The van der Waals surface area contributed by atoms with Crippen LogP contribution in [0.5, 0.6) is 5.75 Å². The maximum absolute atomic E-state index is 13.2. The Morgan fingerprint density at radius 3 is 2.40 bits per heavy atom. The van der Waals surface area contributed by atoms with E-state index in [0.717, 1.165) is 6.07 Å². The molecule has 0 aliphatic heterocycles. The van der Waals surface area contributed by atoms with E-state index in [0.29, 0.717) is 11.3 Å². The molecule has 5 nitrogen and oxygen atoms in total. The van der Waals surface area contributed by atoms with E-state index in [2.05, 4.69) is 0 Å². The summed E-state index contributed by atoms with van der Waals surface area (Å²) < 4.78 is 17.9. The van der Waals surface area contributed by atoms with Crippen molar-refractivity contribution in [2.75, 3.05) is 5.73 Å². The van der Waals surface area contributed by atoms with Gasteiger partial charge in [0.2, 0.25) is 0 Å². The highest BCUT2D eigenvalue weighted by Crippen LogP contribution is 2.23. The lowest BCUT2D eigenvalue weighted by Crippen LogP contribution is -2.18. The van der Waals surface area contributed by atoms with Gasteiger partial charge in [-0.1, -0.05) is 12.1 Å². The molecule has 0 saturated carbocycles. The Morgan fingerprint density at radius 1 is 1.15 bits per heavy atom. The normalized spacial score (nSPS) is 10.1. The molecule has 2 aromatic carbocycles. The van der Waals surface area contributed by atoms with Gasteiger partial charge in [0.1, 0.15) is 11.6 Å². The van der Waals surface area contributed by atoms with E-state index in [9.17, 15) is 9.18 Å². The number of carbonyl (C=O) groups excluding carboxylic acids is 1. The highest BCUT2D eigenvalue weighted by Gasteiger charge is 2.14. The second-order valence-electron chi connectivity index (χ2n) is 4.06. The van der Waals surface area contributed by atoms with Crippen LogP contribution in [-0.2, 0) is 0 Å². The van der Waals surface area contributed by atoms with Gasteiger partial charge in [0, 0.05) is 22.9 Å². The lowest BCUT2D eigenvalue weighted by molar-refractivity contribution is 0.210. The van der Waals surface area contributed by atoms with Crippen molar-refractivity contribution in [1.29, 1.82) is 5.41 Å². The molecule has 0 saturated heterocycles. The van der Waals surface area contributed by atoms with Gasteiger partial charge in [0.25, 0.3) is 0 Å². The zero-order valence-electron chi connectivity index (χ0n) is 10.4. The summed E-state index contributed by atoms with van der Waals surface area (Å²) in [5.41, 5.74) is 12.0. The third-order valence-corrected chi connectivity index (χ3v) is 2.62. The summed E-state index contributed by atoms with van der Waals surface area (Å²) in [6.07, 6.45) is -1.07. The van der Waals surface area contributed by atoms with E-state index in [1.54, 1.807) is 24.3 Å². The Kier molecular flexibility index (Phi) is 3.65. The first-order chi connectivity index (χ1) is 9.47. The Balaban J connectivity index is 2.43. The van der Waals surface area contributed by atoms with Crippen molar-refractivity contribution in [2.45, 2.75) is 0 Å². The monoisotopic (exact) mass is 273 g/mol. The minimum absolute atomic E-state index is 0.0706. The molecule has 102 valence electrons. The molecule has 0 fully saturated rings. The zero-order valence-corrected chi connectivity index (χ0v) is 10.4. The fourth-order valence-corrected chi connectivity index (χ4v) is 1.70. The van der Waals surface area contributed by atoms with Crippen molar-refractivity contribution >= 4 is 17.5 Å². The van der Waals surface area contributed by atoms with Crippen LogP contribution < -0.4 is 16.2 Å². The lowest BCUT2D eigenvalue weighted by atomic mass is 10.0. The van der Waals surface area contributed by atoms with E-state index in [1.807, 2.05) is 0 Å². The van der Waals surface area contributed by atoms with Crippen molar-refractivity contribution in [3.63, 3.8) is 0 Å². The average molecular weight is 273 g/mol. The fourth-order valence-electron chi connectivity index (χ4n) is 1.70. The number of amides is 1. The zero-order chi connectivity index (χ0) is 14.7. The number of benzene rings is 2. The number of nitrogens with one attached hydrogen (secondary N) is 1. The molecular formula is C14H12FN3O2. The Morgan fingerprint density at radius 2 is 1.80 bits per heavy atom. The molecule has 2 aromatic rings. The minimum Gasteiger partial charge on any atom is -0.410 e. The van der Waals surface area contributed by atoms with Crippen molar-refractivity contribution in [1.82, 2.24) is 0 Å². The fraction of sp³-hybridized carbons (Fsp3) is 0. The van der Waals surface area contributed by atoms with Gasteiger partial charge in [-0.25, -0.2) is 9.18 Å². The Labute approximate surface area is 114 Å². The smallest absolute Gasteiger partial charge is 0.409 e. The van der Waals surface area contributed by atoms with Crippen LogP contribution >= 0.6 is 0 Å². The van der Waals surface area contributed by atoms with Crippen LogP contribution in [-0.4, -0.2) is 11.8 Å². The average Bonchev–Trinajstić information content (AvgIpc) is 2.38. The summed E-state index contributed by atoms with van der Waals surface area (Å²) in [5.74, 6) is -0.686. The number of hydrogen-bond donors (Lipinski definition) is 3. The summed E-state index contributed by atoms with van der Waals surface area (Å²) in [6, 6.07) is 10.1. The first-order valence-corrected chi connectivity index (χ1v) is 5.69. The minimum atomic E-state index is -1.07. The van der Waals surface area contributed by atoms with Crippen LogP contribution in [0.1, 0.15) is 11.1 Å². The van der Waals surface area contributed by atoms with E-state index in [-0.39, 0.29) is 17.0 Å². The van der Waals surface area contributed by atoms with E-state index in [4.69, 9.17) is 21.6 Å². The van der Waals surface area contributed by atoms with Gasteiger partial charge in [-0.3, -0.25) is 5.41 Å². The number of rotatable bonds is 3. The number of primary amides is 1.